The quantitative estimate of drug-likeness (QED) is 0.506. The second kappa shape index (κ2) is 8.59. The molecule has 1 aromatic heterocycles. The lowest BCUT2D eigenvalue weighted by molar-refractivity contribution is 0.0920. The minimum atomic E-state index is -3.00. The van der Waals surface area contributed by atoms with Gasteiger partial charge in [0.15, 0.2) is 16.4 Å². The number of para-hydroxylation sites is 1. The molecule has 31 heavy (non-hydrogen) atoms. The molecule has 0 saturated carbocycles. The number of Topliss-reactive ketones (excluding diaryl/α,β-unsaturated/α-hetero) is 1. The molecule has 1 aliphatic rings. The Morgan fingerprint density at radius 2 is 1.71 bits per heavy atom. The SMILES string of the molecule is Cc1cc(C(=O)COc2cccc(Oc3ccccc3)c2)c(C)n1[C@H]1CCS(=O)(=O)C1. The first-order valence-electron chi connectivity index (χ1n) is 10.2. The van der Waals surface area contributed by atoms with Gasteiger partial charge in [-0.25, -0.2) is 8.42 Å². The standard InChI is InChI=1S/C24H25NO5S/c1-17-13-23(18(2)25(17)19-11-12-31(27,28)16-19)24(26)15-29-21-9-6-10-22(14-21)30-20-7-4-3-5-8-20/h3-10,13-14,19H,11-12,15-16H2,1-2H3/t19-/m0/s1. The monoisotopic (exact) mass is 439 g/mol. The van der Waals surface area contributed by atoms with E-state index in [9.17, 15) is 13.2 Å². The molecule has 0 unspecified atom stereocenters. The highest BCUT2D eigenvalue weighted by molar-refractivity contribution is 7.91. The molecule has 1 saturated heterocycles. The van der Waals surface area contributed by atoms with Gasteiger partial charge in [-0.2, -0.15) is 0 Å². The number of nitrogens with zero attached hydrogens (tertiary/aromatic N) is 1. The number of benzene rings is 2. The van der Waals surface area contributed by atoms with Crippen molar-refractivity contribution in [1.29, 1.82) is 0 Å². The summed E-state index contributed by atoms with van der Waals surface area (Å²) in [6.45, 7) is 3.65. The van der Waals surface area contributed by atoms with Crippen LogP contribution in [0.15, 0.2) is 60.7 Å². The van der Waals surface area contributed by atoms with Crippen LogP contribution >= 0.6 is 0 Å². The maximum atomic E-state index is 12.8. The molecular weight excluding hydrogens is 414 g/mol. The summed E-state index contributed by atoms with van der Waals surface area (Å²) in [5.41, 5.74) is 2.24. The minimum Gasteiger partial charge on any atom is -0.485 e. The number of ether oxygens (including phenoxy) is 2. The average molecular weight is 440 g/mol. The molecule has 0 N–H and O–H groups in total. The average Bonchev–Trinajstić information content (AvgIpc) is 3.25. The van der Waals surface area contributed by atoms with Gasteiger partial charge < -0.3 is 14.0 Å². The topological polar surface area (TPSA) is 74.6 Å². The number of ketones is 1. The van der Waals surface area contributed by atoms with E-state index in [1.165, 1.54) is 0 Å². The minimum absolute atomic E-state index is 0.109. The van der Waals surface area contributed by atoms with E-state index in [1.54, 1.807) is 12.1 Å². The highest BCUT2D eigenvalue weighted by Crippen LogP contribution is 2.30. The third-order valence-corrected chi connectivity index (χ3v) is 7.26. The van der Waals surface area contributed by atoms with Crippen LogP contribution in [0.25, 0.3) is 0 Å². The molecule has 3 aromatic rings. The van der Waals surface area contributed by atoms with Crippen LogP contribution < -0.4 is 9.47 Å². The smallest absolute Gasteiger partial charge is 0.202 e. The van der Waals surface area contributed by atoms with Gasteiger partial charge in [-0.05, 0) is 50.6 Å². The molecule has 0 amide bonds. The van der Waals surface area contributed by atoms with Crippen molar-refractivity contribution < 1.29 is 22.7 Å². The van der Waals surface area contributed by atoms with Gasteiger partial charge in [-0.3, -0.25) is 4.79 Å². The van der Waals surface area contributed by atoms with E-state index < -0.39 is 9.84 Å². The Bertz CT molecular complexity index is 1200. The molecule has 1 fully saturated rings. The Balaban J connectivity index is 1.44. The lowest BCUT2D eigenvalue weighted by Gasteiger charge is -2.16. The molecule has 7 heteroatoms. The number of carbonyl (C=O) groups is 1. The molecule has 1 aliphatic heterocycles. The number of carbonyl (C=O) groups excluding carboxylic acids is 1. The number of aromatic nitrogens is 1. The van der Waals surface area contributed by atoms with Crippen LogP contribution in [-0.2, 0) is 9.84 Å². The molecule has 0 spiro atoms. The van der Waals surface area contributed by atoms with Crippen molar-refractivity contribution in [2.75, 3.05) is 18.1 Å². The fourth-order valence-corrected chi connectivity index (χ4v) is 5.78. The molecule has 6 nitrogen and oxygen atoms in total. The first kappa shape index (κ1) is 21.2. The van der Waals surface area contributed by atoms with E-state index in [-0.39, 0.29) is 29.9 Å². The molecule has 0 aliphatic carbocycles. The van der Waals surface area contributed by atoms with Crippen molar-refractivity contribution in [3.8, 4) is 17.2 Å². The molecule has 2 aromatic carbocycles. The van der Waals surface area contributed by atoms with Crippen LogP contribution in [0.4, 0.5) is 0 Å². The van der Waals surface area contributed by atoms with Crippen molar-refractivity contribution in [2.45, 2.75) is 26.3 Å². The number of aryl methyl sites for hydroxylation is 1. The fourth-order valence-electron chi connectivity index (χ4n) is 4.08. The molecule has 0 radical (unpaired) electrons. The number of hydrogen-bond acceptors (Lipinski definition) is 5. The Morgan fingerprint density at radius 3 is 2.42 bits per heavy atom. The van der Waals surface area contributed by atoms with Gasteiger partial charge in [0.05, 0.1) is 11.5 Å². The first-order valence-corrected chi connectivity index (χ1v) is 12.0. The highest BCUT2D eigenvalue weighted by Gasteiger charge is 2.31. The Morgan fingerprint density at radius 1 is 1.00 bits per heavy atom. The van der Waals surface area contributed by atoms with Crippen LogP contribution in [0.2, 0.25) is 0 Å². The molecular formula is C24H25NO5S. The van der Waals surface area contributed by atoms with Gasteiger partial charge in [-0.15, -0.1) is 0 Å². The summed E-state index contributed by atoms with van der Waals surface area (Å²) >= 11 is 0. The maximum Gasteiger partial charge on any atom is 0.202 e. The molecule has 4 rings (SSSR count). The molecule has 1 atom stereocenters. The largest absolute Gasteiger partial charge is 0.485 e. The second-order valence-electron chi connectivity index (χ2n) is 7.81. The van der Waals surface area contributed by atoms with E-state index in [0.29, 0.717) is 23.5 Å². The summed E-state index contributed by atoms with van der Waals surface area (Å²) < 4.78 is 37.3. The molecule has 0 bridgehead atoms. The molecule has 162 valence electrons. The second-order valence-corrected chi connectivity index (χ2v) is 10.0. The van der Waals surface area contributed by atoms with Crippen LogP contribution in [0.3, 0.4) is 0 Å². The Kier molecular flexibility index (Phi) is 5.87. The fraction of sp³-hybridized carbons (Fsp3) is 0.292. The van der Waals surface area contributed by atoms with E-state index in [1.807, 2.05) is 66.9 Å². The third kappa shape index (κ3) is 4.82. The summed E-state index contributed by atoms with van der Waals surface area (Å²) in [4.78, 5) is 12.8. The Labute approximate surface area is 182 Å². The van der Waals surface area contributed by atoms with Gasteiger partial charge in [-0.1, -0.05) is 24.3 Å². The van der Waals surface area contributed by atoms with E-state index in [4.69, 9.17) is 9.47 Å². The molecule has 2 heterocycles. The van der Waals surface area contributed by atoms with E-state index in [0.717, 1.165) is 17.1 Å². The number of hydrogen-bond donors (Lipinski definition) is 0. The van der Waals surface area contributed by atoms with Crippen molar-refractivity contribution in [1.82, 2.24) is 4.57 Å². The van der Waals surface area contributed by atoms with E-state index >= 15 is 0 Å². The number of sulfone groups is 1. The lowest BCUT2D eigenvalue weighted by Crippen LogP contribution is -2.16. The zero-order valence-electron chi connectivity index (χ0n) is 17.6. The van der Waals surface area contributed by atoms with E-state index in [2.05, 4.69) is 0 Å². The zero-order chi connectivity index (χ0) is 22.0. The Hall–Kier alpha value is -3.06. The summed E-state index contributed by atoms with van der Waals surface area (Å²) in [6.07, 6.45) is 0.580. The lowest BCUT2D eigenvalue weighted by atomic mass is 10.1. The van der Waals surface area contributed by atoms with Crippen LogP contribution in [-0.4, -0.2) is 36.9 Å². The normalized spacial score (nSPS) is 17.4. The summed E-state index contributed by atoms with van der Waals surface area (Å²) in [5, 5.41) is 0. The van der Waals surface area contributed by atoms with Gasteiger partial charge in [0.1, 0.15) is 17.2 Å². The van der Waals surface area contributed by atoms with Crippen molar-refractivity contribution >= 4 is 15.6 Å². The van der Waals surface area contributed by atoms with Gasteiger partial charge in [0.2, 0.25) is 5.78 Å². The van der Waals surface area contributed by atoms with Gasteiger partial charge in [0, 0.05) is 29.1 Å². The maximum absolute atomic E-state index is 12.8. The first-order chi connectivity index (χ1) is 14.8. The van der Waals surface area contributed by atoms with Crippen molar-refractivity contribution in [2.24, 2.45) is 0 Å². The van der Waals surface area contributed by atoms with Crippen molar-refractivity contribution in [3.05, 3.63) is 77.6 Å². The van der Waals surface area contributed by atoms with Gasteiger partial charge in [0.25, 0.3) is 0 Å². The number of rotatable bonds is 7. The van der Waals surface area contributed by atoms with Crippen LogP contribution in [0, 0.1) is 13.8 Å². The predicted octanol–water partition coefficient (Wildman–Crippen LogP) is 4.52. The summed E-state index contributed by atoms with van der Waals surface area (Å²) in [5.74, 6) is 2.06. The van der Waals surface area contributed by atoms with Crippen LogP contribution in [0.5, 0.6) is 17.2 Å². The van der Waals surface area contributed by atoms with Gasteiger partial charge >= 0.3 is 0 Å². The van der Waals surface area contributed by atoms with Crippen LogP contribution in [0.1, 0.15) is 34.2 Å². The third-order valence-electron chi connectivity index (χ3n) is 5.51. The highest BCUT2D eigenvalue weighted by atomic mass is 32.2. The zero-order valence-corrected chi connectivity index (χ0v) is 18.4. The predicted molar refractivity (Wildman–Crippen MR) is 119 cm³/mol. The van der Waals surface area contributed by atoms with Crippen molar-refractivity contribution in [3.63, 3.8) is 0 Å². The summed E-state index contributed by atoms with van der Waals surface area (Å²) in [7, 11) is -3.00. The summed E-state index contributed by atoms with van der Waals surface area (Å²) in [6, 6.07) is 18.3.